The van der Waals surface area contributed by atoms with Crippen LogP contribution in [0.4, 0.5) is 5.69 Å². The van der Waals surface area contributed by atoms with Crippen LogP contribution in [0.2, 0.25) is 0 Å². The molecule has 0 saturated heterocycles. The molecule has 0 unspecified atom stereocenters. The molecule has 0 fully saturated rings. The van der Waals surface area contributed by atoms with Crippen LogP contribution in [0.5, 0.6) is 5.75 Å². The Bertz CT molecular complexity index is 393. The van der Waals surface area contributed by atoms with Gasteiger partial charge in [-0.05, 0) is 37.9 Å². The number of anilines is 1. The van der Waals surface area contributed by atoms with Crippen LogP contribution in [0.15, 0.2) is 15.0 Å². The topological polar surface area (TPSA) is 83.5 Å². The SMILES string of the molecule is Nc1c(Br)cc(O)c(CC(=O)O)c1Br. The number of carboxylic acid groups (broad SMARTS) is 1. The molecule has 0 aromatic heterocycles. The first-order valence-electron chi connectivity index (χ1n) is 3.60. The molecule has 1 rings (SSSR count). The fourth-order valence-corrected chi connectivity index (χ4v) is 2.22. The van der Waals surface area contributed by atoms with Gasteiger partial charge in [-0.2, -0.15) is 0 Å². The standard InChI is InChI=1S/C8H7Br2NO3/c9-4-2-5(12)3(1-6(13)14)7(10)8(4)11/h2,12H,1,11H2,(H,13,14). The minimum absolute atomic E-state index is 0.0969. The highest BCUT2D eigenvalue weighted by Crippen LogP contribution is 2.37. The molecule has 0 radical (unpaired) electrons. The number of nitrogens with two attached hydrogens (primary N) is 1. The van der Waals surface area contributed by atoms with E-state index < -0.39 is 5.97 Å². The van der Waals surface area contributed by atoms with E-state index >= 15 is 0 Å². The molecule has 0 aliphatic carbocycles. The summed E-state index contributed by atoms with van der Waals surface area (Å²) in [7, 11) is 0. The highest BCUT2D eigenvalue weighted by molar-refractivity contribution is 9.11. The Morgan fingerprint density at radius 1 is 1.50 bits per heavy atom. The number of halogens is 2. The number of carbonyl (C=O) groups is 1. The van der Waals surface area contributed by atoms with E-state index in [1.807, 2.05) is 0 Å². The smallest absolute Gasteiger partial charge is 0.308 e. The predicted molar refractivity (Wildman–Crippen MR) is 59.3 cm³/mol. The largest absolute Gasteiger partial charge is 0.508 e. The minimum atomic E-state index is -1.03. The average molecular weight is 325 g/mol. The van der Waals surface area contributed by atoms with Crippen molar-refractivity contribution in [1.29, 1.82) is 0 Å². The summed E-state index contributed by atoms with van der Waals surface area (Å²) < 4.78 is 0.933. The second-order valence-electron chi connectivity index (χ2n) is 2.65. The lowest BCUT2D eigenvalue weighted by molar-refractivity contribution is -0.136. The van der Waals surface area contributed by atoms with Crippen LogP contribution in [-0.2, 0) is 11.2 Å². The lowest BCUT2D eigenvalue weighted by Crippen LogP contribution is -2.03. The zero-order chi connectivity index (χ0) is 10.9. The predicted octanol–water partition coefficient (Wildman–Crippen LogP) is 2.13. The van der Waals surface area contributed by atoms with Crippen LogP contribution in [0.25, 0.3) is 0 Å². The normalized spacial score (nSPS) is 10.1. The van der Waals surface area contributed by atoms with Crippen LogP contribution in [-0.4, -0.2) is 16.2 Å². The number of nitrogen functional groups attached to an aromatic ring is 1. The first-order valence-corrected chi connectivity index (χ1v) is 5.19. The van der Waals surface area contributed by atoms with Crippen molar-refractivity contribution in [2.24, 2.45) is 0 Å². The summed E-state index contributed by atoms with van der Waals surface area (Å²) >= 11 is 6.27. The van der Waals surface area contributed by atoms with Gasteiger partial charge in [0.25, 0.3) is 0 Å². The Kier molecular flexibility index (Phi) is 3.38. The number of aliphatic carboxylic acids is 1. The molecular weight excluding hydrogens is 318 g/mol. The fourth-order valence-electron chi connectivity index (χ4n) is 0.984. The fraction of sp³-hybridized carbons (Fsp3) is 0.125. The lowest BCUT2D eigenvalue weighted by atomic mass is 10.1. The maximum atomic E-state index is 10.5. The molecule has 0 heterocycles. The zero-order valence-electron chi connectivity index (χ0n) is 6.92. The van der Waals surface area contributed by atoms with E-state index in [0.29, 0.717) is 14.6 Å². The maximum Gasteiger partial charge on any atom is 0.308 e. The summed E-state index contributed by atoms with van der Waals surface area (Å²) in [4.78, 5) is 10.5. The van der Waals surface area contributed by atoms with Crippen LogP contribution in [0.3, 0.4) is 0 Å². The van der Waals surface area contributed by atoms with Gasteiger partial charge in [-0.15, -0.1) is 0 Å². The summed E-state index contributed by atoms with van der Waals surface area (Å²) in [5, 5.41) is 18.1. The number of phenols is 1. The molecule has 0 amide bonds. The third kappa shape index (κ3) is 2.19. The van der Waals surface area contributed by atoms with Crippen LogP contribution in [0, 0.1) is 0 Å². The first-order chi connectivity index (χ1) is 6.43. The summed E-state index contributed by atoms with van der Waals surface area (Å²) in [6.45, 7) is 0. The maximum absolute atomic E-state index is 10.5. The van der Waals surface area contributed by atoms with Gasteiger partial charge < -0.3 is 15.9 Å². The number of hydrogen-bond donors (Lipinski definition) is 3. The highest BCUT2D eigenvalue weighted by atomic mass is 79.9. The molecule has 0 aliphatic rings. The van der Waals surface area contributed by atoms with E-state index in [0.717, 1.165) is 0 Å². The number of carboxylic acids is 1. The van der Waals surface area contributed by atoms with Gasteiger partial charge in [-0.25, -0.2) is 0 Å². The van der Waals surface area contributed by atoms with Gasteiger partial charge in [-0.3, -0.25) is 4.79 Å². The average Bonchev–Trinajstić information content (AvgIpc) is 2.09. The van der Waals surface area contributed by atoms with Crippen LogP contribution >= 0.6 is 31.9 Å². The van der Waals surface area contributed by atoms with Gasteiger partial charge in [0.2, 0.25) is 0 Å². The van der Waals surface area contributed by atoms with E-state index in [9.17, 15) is 9.90 Å². The molecule has 4 N–H and O–H groups in total. The molecule has 6 heteroatoms. The van der Waals surface area contributed by atoms with Gasteiger partial charge in [0.15, 0.2) is 0 Å². The Morgan fingerprint density at radius 2 is 2.07 bits per heavy atom. The summed E-state index contributed by atoms with van der Waals surface area (Å²) in [6, 6.07) is 1.37. The number of hydrogen-bond acceptors (Lipinski definition) is 3. The molecule has 1 aromatic rings. The van der Waals surface area contributed by atoms with Gasteiger partial charge >= 0.3 is 5.97 Å². The van der Waals surface area contributed by atoms with Crippen molar-refractivity contribution in [2.75, 3.05) is 5.73 Å². The summed E-state index contributed by atoms with van der Waals surface area (Å²) in [5.74, 6) is -1.12. The Hall–Kier alpha value is -0.750. The number of phenolic OH excluding ortho intramolecular Hbond substituents is 1. The van der Waals surface area contributed by atoms with E-state index in [4.69, 9.17) is 10.8 Å². The summed E-state index contributed by atoms with van der Waals surface area (Å²) in [6.07, 6.45) is -0.274. The monoisotopic (exact) mass is 323 g/mol. The third-order valence-electron chi connectivity index (χ3n) is 1.66. The van der Waals surface area contributed by atoms with Crippen molar-refractivity contribution in [2.45, 2.75) is 6.42 Å². The quantitative estimate of drug-likeness (QED) is 0.575. The van der Waals surface area contributed by atoms with Crippen molar-refractivity contribution in [1.82, 2.24) is 0 Å². The number of benzene rings is 1. The molecule has 0 saturated carbocycles. The molecule has 76 valence electrons. The highest BCUT2D eigenvalue weighted by Gasteiger charge is 2.15. The second-order valence-corrected chi connectivity index (χ2v) is 4.30. The van der Waals surface area contributed by atoms with Crippen molar-refractivity contribution < 1.29 is 15.0 Å². The summed E-state index contributed by atoms with van der Waals surface area (Å²) in [5.41, 5.74) is 6.28. The number of rotatable bonds is 2. The zero-order valence-corrected chi connectivity index (χ0v) is 10.1. The van der Waals surface area contributed by atoms with E-state index in [1.165, 1.54) is 6.07 Å². The minimum Gasteiger partial charge on any atom is -0.508 e. The van der Waals surface area contributed by atoms with E-state index in [2.05, 4.69) is 31.9 Å². The Balaban J connectivity index is 3.29. The molecule has 0 aliphatic heterocycles. The van der Waals surface area contributed by atoms with Gasteiger partial charge in [0.1, 0.15) is 5.75 Å². The van der Waals surface area contributed by atoms with Gasteiger partial charge in [0.05, 0.1) is 12.1 Å². The van der Waals surface area contributed by atoms with Gasteiger partial charge in [0, 0.05) is 14.5 Å². The second kappa shape index (κ2) is 4.18. The molecule has 1 aromatic carbocycles. The molecular formula is C8H7Br2NO3. The molecule has 0 atom stereocenters. The van der Waals surface area contributed by atoms with Crippen molar-refractivity contribution in [3.8, 4) is 5.75 Å². The van der Waals surface area contributed by atoms with Crippen LogP contribution in [0.1, 0.15) is 5.56 Å². The molecule has 4 nitrogen and oxygen atoms in total. The van der Waals surface area contributed by atoms with Crippen molar-refractivity contribution in [3.05, 3.63) is 20.6 Å². The van der Waals surface area contributed by atoms with Crippen LogP contribution < -0.4 is 5.73 Å². The van der Waals surface area contributed by atoms with Crippen molar-refractivity contribution >= 4 is 43.5 Å². The lowest BCUT2D eigenvalue weighted by Gasteiger charge is -2.09. The molecule has 0 spiro atoms. The first kappa shape index (κ1) is 11.3. The molecule has 14 heavy (non-hydrogen) atoms. The Morgan fingerprint density at radius 3 is 2.57 bits per heavy atom. The van der Waals surface area contributed by atoms with E-state index in [1.54, 1.807) is 0 Å². The Labute approximate surface area is 97.0 Å². The third-order valence-corrected chi connectivity index (χ3v) is 3.22. The van der Waals surface area contributed by atoms with Crippen molar-refractivity contribution in [3.63, 3.8) is 0 Å². The van der Waals surface area contributed by atoms with E-state index in [-0.39, 0.29) is 17.7 Å². The molecule has 0 bridgehead atoms. The van der Waals surface area contributed by atoms with Gasteiger partial charge in [-0.1, -0.05) is 0 Å². The number of aromatic hydroxyl groups is 1.